The van der Waals surface area contributed by atoms with E-state index in [1.165, 1.54) is 10.6 Å². The second kappa shape index (κ2) is 12.0. The first-order valence-electron chi connectivity index (χ1n) is 15.0. The van der Waals surface area contributed by atoms with Crippen LogP contribution >= 0.6 is 23.2 Å². The normalized spacial score (nSPS) is 18.6. The molecule has 0 spiro atoms. The first-order chi connectivity index (χ1) is 21.8. The average molecular weight is 663 g/mol. The fourth-order valence-electron chi connectivity index (χ4n) is 5.76. The van der Waals surface area contributed by atoms with Gasteiger partial charge in [0.05, 0.1) is 28.3 Å². The van der Waals surface area contributed by atoms with E-state index in [9.17, 15) is 19.5 Å². The molecule has 2 aliphatic rings. The number of rotatable bonds is 7. The van der Waals surface area contributed by atoms with Crippen LogP contribution in [0.2, 0.25) is 10.0 Å². The molecule has 0 saturated carbocycles. The average Bonchev–Trinajstić information content (AvgIpc) is 3.51. The first kappa shape index (κ1) is 32.1. The number of halogens is 2. The van der Waals surface area contributed by atoms with Crippen molar-refractivity contribution in [3.8, 4) is 22.3 Å². The molecule has 2 aromatic carbocycles. The molecule has 0 radical (unpaired) electrons. The van der Waals surface area contributed by atoms with Crippen LogP contribution in [-0.2, 0) is 20.6 Å². The maximum absolute atomic E-state index is 13.4. The predicted molar refractivity (Wildman–Crippen MR) is 178 cm³/mol. The Morgan fingerprint density at radius 2 is 1.70 bits per heavy atom. The molecule has 2 fully saturated rings. The maximum atomic E-state index is 13.4. The lowest BCUT2D eigenvalue weighted by molar-refractivity contribution is -0.119. The van der Waals surface area contributed by atoms with Gasteiger partial charge in [0.15, 0.2) is 0 Å². The fourth-order valence-corrected chi connectivity index (χ4v) is 6.41. The Morgan fingerprint density at radius 3 is 2.35 bits per heavy atom. The van der Waals surface area contributed by atoms with E-state index in [0.717, 1.165) is 21.6 Å². The Bertz CT molecular complexity index is 1910. The first-order valence-corrected chi connectivity index (χ1v) is 15.7. The van der Waals surface area contributed by atoms with Crippen LogP contribution in [0.25, 0.3) is 27.9 Å². The van der Waals surface area contributed by atoms with Crippen molar-refractivity contribution < 1.29 is 24.0 Å². The van der Waals surface area contributed by atoms with Gasteiger partial charge in [-0.3, -0.25) is 14.0 Å². The molecule has 1 atom stereocenters. The minimum atomic E-state index is -1.18. The zero-order valence-corrected chi connectivity index (χ0v) is 27.4. The number of hydrogen-bond acceptors (Lipinski definition) is 6. The molecule has 2 aromatic heterocycles. The Hall–Kier alpha value is -3.90. The highest BCUT2D eigenvalue weighted by Gasteiger charge is 2.52. The zero-order valence-electron chi connectivity index (χ0n) is 25.8. The minimum Gasteiger partial charge on any atom is -0.465 e. The van der Waals surface area contributed by atoms with Gasteiger partial charge in [0.25, 0.3) is 5.56 Å². The summed E-state index contributed by atoms with van der Waals surface area (Å²) in [7, 11) is -0.639. The van der Waals surface area contributed by atoms with Gasteiger partial charge in [0, 0.05) is 58.6 Å². The van der Waals surface area contributed by atoms with E-state index in [0.29, 0.717) is 39.6 Å². The lowest BCUT2D eigenvalue weighted by Crippen LogP contribution is -2.42. The molecule has 4 heterocycles. The second-order valence-corrected chi connectivity index (χ2v) is 13.4. The van der Waals surface area contributed by atoms with Gasteiger partial charge in [0.1, 0.15) is 5.65 Å². The van der Waals surface area contributed by atoms with Crippen LogP contribution in [0.1, 0.15) is 46.1 Å². The fraction of sp³-hybridized carbons (Fsp3) is 0.333. The second-order valence-electron chi connectivity index (χ2n) is 12.7. The van der Waals surface area contributed by atoms with Gasteiger partial charge >= 0.3 is 13.2 Å². The summed E-state index contributed by atoms with van der Waals surface area (Å²) < 4.78 is 13.9. The number of nitrogens with zero attached hydrogens (tertiary/aromatic N) is 3. The highest BCUT2D eigenvalue weighted by molar-refractivity contribution is 6.66. The Morgan fingerprint density at radius 1 is 1.04 bits per heavy atom. The van der Waals surface area contributed by atoms with Crippen molar-refractivity contribution in [1.82, 2.24) is 19.6 Å². The van der Waals surface area contributed by atoms with Crippen molar-refractivity contribution in [2.45, 2.75) is 64.3 Å². The number of carboxylic acid groups (broad SMARTS) is 1. The maximum Gasteiger partial charge on any atom is 0.496 e. The van der Waals surface area contributed by atoms with Crippen LogP contribution in [0.5, 0.6) is 0 Å². The zero-order chi connectivity index (χ0) is 33.0. The van der Waals surface area contributed by atoms with E-state index in [2.05, 4.69) is 10.3 Å². The van der Waals surface area contributed by atoms with E-state index >= 15 is 0 Å². The van der Waals surface area contributed by atoms with E-state index < -0.39 is 24.4 Å². The summed E-state index contributed by atoms with van der Waals surface area (Å²) >= 11 is 14.0. The van der Waals surface area contributed by atoms with E-state index in [1.807, 2.05) is 64.1 Å². The van der Waals surface area contributed by atoms with Crippen molar-refractivity contribution in [3.05, 3.63) is 86.9 Å². The van der Waals surface area contributed by atoms with Crippen LogP contribution in [0, 0.1) is 0 Å². The molecule has 46 heavy (non-hydrogen) atoms. The van der Waals surface area contributed by atoms with Crippen molar-refractivity contribution >= 4 is 53.4 Å². The van der Waals surface area contributed by atoms with Gasteiger partial charge in [-0.05, 0) is 51.8 Å². The Labute approximate surface area is 276 Å². The number of amides is 2. The smallest absolute Gasteiger partial charge is 0.465 e. The molecule has 1 unspecified atom stereocenters. The number of hydrogen-bond donors (Lipinski definition) is 2. The molecule has 0 bridgehead atoms. The lowest BCUT2D eigenvalue weighted by atomic mass is 9.77. The highest BCUT2D eigenvalue weighted by atomic mass is 35.5. The topological polar surface area (TPSA) is 122 Å². The summed E-state index contributed by atoms with van der Waals surface area (Å²) in [6.07, 6.45) is 2.71. The van der Waals surface area contributed by atoms with Gasteiger partial charge in [0.2, 0.25) is 5.91 Å². The number of carbonyl (C=O) groups is 2. The molecule has 2 aliphatic heterocycles. The Balaban J connectivity index is 1.29. The van der Waals surface area contributed by atoms with Crippen LogP contribution in [0.3, 0.4) is 0 Å². The summed E-state index contributed by atoms with van der Waals surface area (Å²) in [6.45, 7) is 7.88. The Kier molecular flexibility index (Phi) is 8.39. The van der Waals surface area contributed by atoms with Crippen LogP contribution in [0.4, 0.5) is 4.79 Å². The number of benzene rings is 2. The van der Waals surface area contributed by atoms with Gasteiger partial charge in [-0.1, -0.05) is 59.6 Å². The summed E-state index contributed by atoms with van der Waals surface area (Å²) in [6, 6.07) is 14.5. The van der Waals surface area contributed by atoms with Gasteiger partial charge < -0.3 is 24.6 Å². The molecular weight excluding hydrogens is 630 g/mol. The van der Waals surface area contributed by atoms with E-state index in [1.54, 1.807) is 18.3 Å². The van der Waals surface area contributed by atoms with Crippen LogP contribution < -0.4 is 16.3 Å². The van der Waals surface area contributed by atoms with Crippen molar-refractivity contribution in [2.75, 3.05) is 6.54 Å². The molecule has 6 rings (SSSR count). The SMILES string of the molecule is CC1(C)OB(c2cccc(-c3cccc(-c4ccn5c(=O)c(CN(CC6CCC(=O)N6)C(=O)O)cnc5c4)c3Cl)c2Cl)OC1(C)C. The third-order valence-corrected chi connectivity index (χ3v) is 9.90. The quantitative estimate of drug-likeness (QED) is 0.254. The molecular formula is C33H33BCl2N4O6. The predicted octanol–water partition coefficient (Wildman–Crippen LogP) is 5.39. The molecule has 13 heteroatoms. The minimum absolute atomic E-state index is 0.0839. The van der Waals surface area contributed by atoms with Gasteiger partial charge in [-0.25, -0.2) is 9.78 Å². The van der Waals surface area contributed by atoms with Crippen LogP contribution in [0.15, 0.2) is 65.7 Å². The number of nitrogens with one attached hydrogen (secondary N) is 1. The summed E-state index contributed by atoms with van der Waals surface area (Å²) in [5.41, 5.74) is 2.75. The number of pyridine rings is 1. The highest BCUT2D eigenvalue weighted by Crippen LogP contribution is 2.41. The van der Waals surface area contributed by atoms with Crippen LogP contribution in [-0.4, -0.2) is 62.3 Å². The van der Waals surface area contributed by atoms with E-state index in [4.69, 9.17) is 32.5 Å². The molecule has 2 saturated heterocycles. The number of carbonyl (C=O) groups excluding carboxylic acids is 1. The number of fused-ring (bicyclic) bond motifs is 1. The van der Waals surface area contributed by atoms with Crippen molar-refractivity contribution in [2.24, 2.45) is 0 Å². The van der Waals surface area contributed by atoms with Gasteiger partial charge in [-0.2, -0.15) is 0 Å². The summed E-state index contributed by atoms with van der Waals surface area (Å²) in [5, 5.41) is 13.4. The summed E-state index contributed by atoms with van der Waals surface area (Å²) in [4.78, 5) is 42.4. The molecule has 10 nitrogen and oxygen atoms in total. The summed E-state index contributed by atoms with van der Waals surface area (Å²) in [5.74, 6) is -0.109. The molecule has 2 N–H and O–H groups in total. The van der Waals surface area contributed by atoms with Crippen molar-refractivity contribution in [1.29, 1.82) is 0 Å². The van der Waals surface area contributed by atoms with Crippen molar-refractivity contribution in [3.63, 3.8) is 0 Å². The molecule has 2 amide bonds. The molecule has 0 aliphatic carbocycles. The van der Waals surface area contributed by atoms with Gasteiger partial charge in [-0.15, -0.1) is 0 Å². The monoisotopic (exact) mass is 662 g/mol. The third-order valence-electron chi connectivity index (χ3n) is 9.07. The molecule has 238 valence electrons. The third kappa shape index (κ3) is 5.88. The number of aromatic nitrogens is 2. The van der Waals surface area contributed by atoms with E-state index in [-0.39, 0.29) is 36.2 Å². The standard InChI is InChI=1S/C33H33BCl2N4O6/c1-32(2)33(3,4)46-34(45-32)25-10-6-9-24(29(25)36)23-8-5-7-22(28(23)35)19-13-14-40-26(15-19)37-16-20(30(40)42)17-39(31(43)44)18-21-11-12-27(41)38-21/h5-10,13-16,21H,11-12,17-18H2,1-4H3,(H,38,41)(H,43,44). The largest absolute Gasteiger partial charge is 0.496 e. The lowest BCUT2D eigenvalue weighted by Gasteiger charge is -2.32. The molecule has 4 aromatic rings.